The Kier molecular flexibility index (Phi) is 3.29. The van der Waals surface area contributed by atoms with Gasteiger partial charge in [0.1, 0.15) is 5.82 Å². The number of benzene rings is 2. The van der Waals surface area contributed by atoms with E-state index in [1.165, 1.54) is 5.69 Å². The van der Waals surface area contributed by atoms with Crippen LogP contribution in [0, 0.1) is 0 Å². The Hall–Kier alpha value is -2.49. The van der Waals surface area contributed by atoms with E-state index in [1.54, 1.807) is 0 Å². The molecule has 2 N–H and O–H groups in total. The van der Waals surface area contributed by atoms with Crippen molar-refractivity contribution in [2.75, 3.05) is 24.7 Å². The van der Waals surface area contributed by atoms with Crippen LogP contribution in [0.2, 0.25) is 0 Å². The van der Waals surface area contributed by atoms with Gasteiger partial charge in [0, 0.05) is 26.2 Å². The first kappa shape index (κ1) is 13.5. The molecule has 2 aromatic carbocycles. The van der Waals surface area contributed by atoms with E-state index in [4.69, 9.17) is 10.7 Å². The number of anilines is 2. The van der Waals surface area contributed by atoms with Crippen molar-refractivity contribution in [3.05, 3.63) is 48.3 Å². The summed E-state index contributed by atoms with van der Waals surface area (Å²) in [5.74, 6) is 1.05. The second-order valence-corrected chi connectivity index (χ2v) is 5.35. The lowest BCUT2D eigenvalue weighted by Gasteiger charge is -2.19. The fraction of sp³-hybridized carbons (Fsp3) is 0.235. The van der Waals surface area contributed by atoms with Gasteiger partial charge in [-0.2, -0.15) is 0 Å². The Morgan fingerprint density at radius 1 is 1.14 bits per heavy atom. The van der Waals surface area contributed by atoms with Gasteiger partial charge in [-0.3, -0.25) is 4.57 Å². The Morgan fingerprint density at radius 3 is 2.62 bits per heavy atom. The molecule has 3 rings (SSSR count). The Labute approximate surface area is 124 Å². The first-order valence-corrected chi connectivity index (χ1v) is 7.15. The number of nitrogens with zero attached hydrogens (tertiary/aromatic N) is 3. The standard InChI is InChI=1S/C17H20N4/c1-4-17-19-13-11-12(18)9-10-14(13)21(17)16-8-6-5-7-15(16)20(2)3/h5-11H,4,18H2,1-3H3. The van der Waals surface area contributed by atoms with Crippen molar-refractivity contribution in [1.29, 1.82) is 0 Å². The second-order valence-electron chi connectivity index (χ2n) is 5.35. The SMILES string of the molecule is CCc1nc2cc(N)ccc2n1-c1ccccc1N(C)C. The van der Waals surface area contributed by atoms with E-state index in [2.05, 4.69) is 54.8 Å². The lowest BCUT2D eigenvalue weighted by atomic mass is 10.2. The molecule has 1 heterocycles. The van der Waals surface area contributed by atoms with E-state index in [0.717, 1.165) is 34.7 Å². The summed E-state index contributed by atoms with van der Waals surface area (Å²) in [5, 5.41) is 0. The van der Waals surface area contributed by atoms with Crippen LogP contribution in [-0.2, 0) is 6.42 Å². The summed E-state index contributed by atoms with van der Waals surface area (Å²) < 4.78 is 2.23. The summed E-state index contributed by atoms with van der Waals surface area (Å²) in [4.78, 5) is 6.86. The van der Waals surface area contributed by atoms with Gasteiger partial charge in [0.15, 0.2) is 0 Å². The molecule has 0 aliphatic carbocycles. The van der Waals surface area contributed by atoms with Crippen molar-refractivity contribution in [2.45, 2.75) is 13.3 Å². The molecule has 0 bridgehead atoms. The summed E-state index contributed by atoms with van der Waals surface area (Å²) in [6, 6.07) is 14.3. The highest BCUT2D eigenvalue weighted by molar-refractivity contribution is 5.83. The topological polar surface area (TPSA) is 47.1 Å². The molecule has 108 valence electrons. The van der Waals surface area contributed by atoms with E-state index in [0.29, 0.717) is 0 Å². The summed E-state index contributed by atoms with van der Waals surface area (Å²) >= 11 is 0. The average molecular weight is 280 g/mol. The smallest absolute Gasteiger partial charge is 0.114 e. The molecule has 21 heavy (non-hydrogen) atoms. The maximum absolute atomic E-state index is 5.88. The van der Waals surface area contributed by atoms with Crippen molar-refractivity contribution in [3.63, 3.8) is 0 Å². The van der Waals surface area contributed by atoms with Gasteiger partial charge in [0.05, 0.1) is 22.4 Å². The van der Waals surface area contributed by atoms with E-state index in [1.807, 2.05) is 18.2 Å². The minimum Gasteiger partial charge on any atom is -0.399 e. The summed E-state index contributed by atoms with van der Waals surface area (Å²) in [6.07, 6.45) is 0.871. The molecular weight excluding hydrogens is 260 g/mol. The molecule has 0 saturated carbocycles. The fourth-order valence-electron chi connectivity index (χ4n) is 2.68. The van der Waals surface area contributed by atoms with Crippen LogP contribution in [0.15, 0.2) is 42.5 Å². The monoisotopic (exact) mass is 280 g/mol. The van der Waals surface area contributed by atoms with Crippen molar-refractivity contribution in [3.8, 4) is 5.69 Å². The van der Waals surface area contributed by atoms with Crippen LogP contribution in [0.1, 0.15) is 12.7 Å². The summed E-state index contributed by atoms with van der Waals surface area (Å²) in [7, 11) is 4.11. The third-order valence-electron chi connectivity index (χ3n) is 3.67. The van der Waals surface area contributed by atoms with Crippen molar-refractivity contribution >= 4 is 22.4 Å². The van der Waals surface area contributed by atoms with Gasteiger partial charge in [-0.05, 0) is 30.3 Å². The van der Waals surface area contributed by atoms with Crippen molar-refractivity contribution in [2.24, 2.45) is 0 Å². The fourth-order valence-corrected chi connectivity index (χ4v) is 2.68. The maximum atomic E-state index is 5.88. The average Bonchev–Trinajstić information content (AvgIpc) is 2.84. The molecule has 0 aliphatic rings. The van der Waals surface area contributed by atoms with Crippen LogP contribution in [0.25, 0.3) is 16.7 Å². The van der Waals surface area contributed by atoms with Gasteiger partial charge in [0.25, 0.3) is 0 Å². The van der Waals surface area contributed by atoms with Gasteiger partial charge < -0.3 is 10.6 Å². The molecule has 0 amide bonds. The van der Waals surface area contributed by atoms with E-state index < -0.39 is 0 Å². The van der Waals surface area contributed by atoms with Gasteiger partial charge in [0.2, 0.25) is 0 Å². The zero-order chi connectivity index (χ0) is 15.0. The highest BCUT2D eigenvalue weighted by Gasteiger charge is 2.14. The molecule has 4 heteroatoms. The molecule has 0 aliphatic heterocycles. The molecular formula is C17H20N4. The highest BCUT2D eigenvalue weighted by Crippen LogP contribution is 2.29. The van der Waals surface area contributed by atoms with Crippen molar-refractivity contribution < 1.29 is 0 Å². The van der Waals surface area contributed by atoms with Crippen LogP contribution in [-0.4, -0.2) is 23.6 Å². The zero-order valence-electron chi connectivity index (χ0n) is 12.7. The number of aryl methyl sites for hydroxylation is 1. The molecule has 0 spiro atoms. The minimum absolute atomic E-state index is 0.746. The highest BCUT2D eigenvalue weighted by atomic mass is 15.1. The van der Waals surface area contributed by atoms with Crippen LogP contribution >= 0.6 is 0 Å². The Bertz CT molecular complexity index is 787. The van der Waals surface area contributed by atoms with Gasteiger partial charge in [-0.25, -0.2) is 4.98 Å². The van der Waals surface area contributed by atoms with Gasteiger partial charge >= 0.3 is 0 Å². The van der Waals surface area contributed by atoms with Gasteiger partial charge in [-0.15, -0.1) is 0 Å². The van der Waals surface area contributed by atoms with Gasteiger partial charge in [-0.1, -0.05) is 19.1 Å². The number of hydrogen-bond donors (Lipinski definition) is 1. The van der Waals surface area contributed by atoms with E-state index >= 15 is 0 Å². The first-order valence-electron chi connectivity index (χ1n) is 7.15. The second kappa shape index (κ2) is 5.13. The molecule has 0 atom stereocenters. The van der Waals surface area contributed by atoms with E-state index in [-0.39, 0.29) is 0 Å². The lowest BCUT2D eigenvalue weighted by Crippen LogP contribution is -2.13. The normalized spacial score (nSPS) is 11.0. The third kappa shape index (κ3) is 2.23. The number of rotatable bonds is 3. The van der Waals surface area contributed by atoms with Crippen LogP contribution in [0.5, 0.6) is 0 Å². The number of nitrogen functional groups attached to an aromatic ring is 1. The largest absolute Gasteiger partial charge is 0.399 e. The first-order chi connectivity index (χ1) is 10.1. The molecule has 0 saturated heterocycles. The van der Waals surface area contributed by atoms with Crippen LogP contribution in [0.4, 0.5) is 11.4 Å². The number of fused-ring (bicyclic) bond motifs is 1. The van der Waals surface area contributed by atoms with Crippen LogP contribution in [0.3, 0.4) is 0 Å². The molecule has 1 aromatic heterocycles. The number of aromatic nitrogens is 2. The predicted molar refractivity (Wildman–Crippen MR) is 89.2 cm³/mol. The summed E-state index contributed by atoms with van der Waals surface area (Å²) in [6.45, 7) is 2.12. The maximum Gasteiger partial charge on any atom is 0.114 e. The molecule has 3 aromatic rings. The number of nitrogens with two attached hydrogens (primary N) is 1. The summed E-state index contributed by atoms with van der Waals surface area (Å²) in [5.41, 5.74) is 11.0. The zero-order valence-corrected chi connectivity index (χ0v) is 12.7. The minimum atomic E-state index is 0.746. The molecule has 4 nitrogen and oxygen atoms in total. The molecule has 0 fully saturated rings. The molecule has 0 unspecified atom stereocenters. The van der Waals surface area contributed by atoms with Crippen LogP contribution < -0.4 is 10.6 Å². The van der Waals surface area contributed by atoms with Crippen molar-refractivity contribution in [1.82, 2.24) is 9.55 Å². The molecule has 0 radical (unpaired) electrons. The lowest BCUT2D eigenvalue weighted by molar-refractivity contribution is 0.903. The quantitative estimate of drug-likeness (QED) is 0.749. The number of imidazole rings is 1. The number of hydrogen-bond acceptors (Lipinski definition) is 3. The third-order valence-corrected chi connectivity index (χ3v) is 3.67. The number of para-hydroxylation sites is 2. The Morgan fingerprint density at radius 2 is 1.90 bits per heavy atom. The Balaban J connectivity index is 2.34. The predicted octanol–water partition coefficient (Wildman–Crippen LogP) is 3.24. The van der Waals surface area contributed by atoms with E-state index in [9.17, 15) is 0 Å².